The molecule has 0 saturated heterocycles. The van der Waals surface area contributed by atoms with Gasteiger partial charge >= 0.3 is 0 Å². The van der Waals surface area contributed by atoms with Crippen molar-refractivity contribution in [2.24, 2.45) is 7.05 Å². The first-order chi connectivity index (χ1) is 9.69. The molecule has 0 aliphatic rings. The maximum absolute atomic E-state index is 8.68. The van der Waals surface area contributed by atoms with Gasteiger partial charge in [-0.3, -0.25) is 0 Å². The second-order valence-corrected chi connectivity index (χ2v) is 4.24. The van der Waals surface area contributed by atoms with Gasteiger partial charge in [0.25, 0.3) is 0 Å². The van der Waals surface area contributed by atoms with Crippen LogP contribution in [0.15, 0.2) is 18.2 Å². The minimum atomic E-state index is 0.0816. The third-order valence-corrected chi connectivity index (χ3v) is 2.55. The summed E-state index contributed by atoms with van der Waals surface area (Å²) >= 11 is 0. The molecule has 0 radical (unpaired) electrons. The Morgan fingerprint density at radius 3 is 2.90 bits per heavy atom. The lowest BCUT2D eigenvalue weighted by Crippen LogP contribution is -2.00. The van der Waals surface area contributed by atoms with Gasteiger partial charge < -0.3 is 9.84 Å². The van der Waals surface area contributed by atoms with E-state index in [9.17, 15) is 0 Å². The van der Waals surface area contributed by atoms with Crippen LogP contribution < -0.4 is 4.74 Å². The number of benzene rings is 1. The maximum atomic E-state index is 8.68. The third-order valence-electron chi connectivity index (χ3n) is 2.55. The van der Waals surface area contributed by atoms with E-state index in [1.165, 1.54) is 4.80 Å². The summed E-state index contributed by atoms with van der Waals surface area (Å²) in [5, 5.41) is 20.3. The largest absolute Gasteiger partial charge is 0.485 e. The predicted molar refractivity (Wildman–Crippen MR) is 72.9 cm³/mol. The van der Waals surface area contributed by atoms with Crippen LogP contribution in [0.4, 0.5) is 0 Å². The lowest BCUT2D eigenvalue weighted by atomic mass is 10.1. The van der Waals surface area contributed by atoms with Gasteiger partial charge in [-0.2, -0.15) is 4.80 Å². The van der Waals surface area contributed by atoms with Gasteiger partial charge in [0.05, 0.1) is 13.7 Å². The molecule has 104 valence electrons. The minimum absolute atomic E-state index is 0.0816. The Kier molecular flexibility index (Phi) is 4.69. The van der Waals surface area contributed by atoms with Crippen LogP contribution in [-0.2, 0) is 13.7 Å². The van der Waals surface area contributed by atoms with Crippen molar-refractivity contribution in [1.29, 1.82) is 0 Å². The highest BCUT2D eigenvalue weighted by atomic mass is 16.5. The van der Waals surface area contributed by atoms with Gasteiger partial charge in [0.15, 0.2) is 6.61 Å². The zero-order valence-electron chi connectivity index (χ0n) is 11.5. The molecule has 0 aliphatic heterocycles. The molecule has 6 heteroatoms. The van der Waals surface area contributed by atoms with E-state index in [-0.39, 0.29) is 13.2 Å². The van der Waals surface area contributed by atoms with Crippen molar-refractivity contribution in [2.75, 3.05) is 6.61 Å². The van der Waals surface area contributed by atoms with E-state index in [1.54, 1.807) is 7.05 Å². The first-order valence-electron chi connectivity index (χ1n) is 6.25. The van der Waals surface area contributed by atoms with Crippen LogP contribution in [0.25, 0.3) is 0 Å². The number of hydrogen-bond donors (Lipinski definition) is 1. The second-order valence-electron chi connectivity index (χ2n) is 4.24. The van der Waals surface area contributed by atoms with Crippen LogP contribution in [0, 0.1) is 18.8 Å². The number of aliphatic hydroxyl groups is 1. The molecule has 1 heterocycles. The van der Waals surface area contributed by atoms with E-state index in [2.05, 4.69) is 27.3 Å². The topological polar surface area (TPSA) is 73.1 Å². The number of aryl methyl sites for hydroxylation is 2. The number of rotatable bonds is 4. The summed E-state index contributed by atoms with van der Waals surface area (Å²) in [5.41, 5.74) is 1.89. The summed E-state index contributed by atoms with van der Waals surface area (Å²) in [4.78, 5) is 1.39. The van der Waals surface area contributed by atoms with Gasteiger partial charge in [0, 0.05) is 12.0 Å². The highest BCUT2D eigenvalue weighted by Crippen LogP contribution is 2.19. The fraction of sp³-hybridized carbons (Fsp3) is 0.357. The molecule has 0 unspecified atom stereocenters. The Bertz CT molecular complexity index is 640. The third kappa shape index (κ3) is 3.80. The van der Waals surface area contributed by atoms with E-state index in [0.29, 0.717) is 12.2 Å². The standard InChI is InChI=1S/C14H16N4O2/c1-11-9-12(5-3-4-8-19)6-7-13(11)20-10-14-15-17-18(2)16-14/h6-7,9,19H,4,8,10H2,1-2H3. The van der Waals surface area contributed by atoms with Crippen molar-refractivity contribution >= 4 is 0 Å². The quantitative estimate of drug-likeness (QED) is 0.835. The zero-order valence-corrected chi connectivity index (χ0v) is 11.5. The first-order valence-corrected chi connectivity index (χ1v) is 6.25. The number of ether oxygens (including phenoxy) is 1. The Balaban J connectivity index is 2.01. The van der Waals surface area contributed by atoms with Crippen molar-refractivity contribution in [3.8, 4) is 17.6 Å². The number of aromatic nitrogens is 4. The Morgan fingerprint density at radius 1 is 1.40 bits per heavy atom. The molecule has 1 N–H and O–H groups in total. The molecule has 0 spiro atoms. The highest BCUT2D eigenvalue weighted by Gasteiger charge is 2.04. The fourth-order valence-electron chi connectivity index (χ4n) is 1.63. The van der Waals surface area contributed by atoms with Gasteiger partial charge in [-0.25, -0.2) is 0 Å². The predicted octanol–water partition coefficient (Wildman–Crippen LogP) is 0.831. The van der Waals surface area contributed by atoms with E-state index >= 15 is 0 Å². The molecule has 20 heavy (non-hydrogen) atoms. The molecule has 0 saturated carbocycles. The summed E-state index contributed by atoms with van der Waals surface area (Å²) in [6.45, 7) is 2.32. The van der Waals surface area contributed by atoms with Crippen LogP contribution in [0.1, 0.15) is 23.4 Å². The lowest BCUT2D eigenvalue weighted by molar-refractivity contribution is 0.293. The molecule has 0 fully saturated rings. The van der Waals surface area contributed by atoms with Crippen LogP contribution in [0.5, 0.6) is 5.75 Å². The Labute approximate surface area is 117 Å². The lowest BCUT2D eigenvalue weighted by Gasteiger charge is -2.07. The monoisotopic (exact) mass is 272 g/mol. The maximum Gasteiger partial charge on any atom is 0.212 e. The summed E-state index contributed by atoms with van der Waals surface area (Å²) in [6.07, 6.45) is 0.482. The van der Waals surface area contributed by atoms with Crippen molar-refractivity contribution in [3.63, 3.8) is 0 Å². The number of aliphatic hydroxyl groups excluding tert-OH is 1. The van der Waals surface area contributed by atoms with Gasteiger partial charge in [-0.05, 0) is 35.9 Å². The summed E-state index contributed by atoms with van der Waals surface area (Å²) in [6, 6.07) is 5.70. The molecular weight excluding hydrogens is 256 g/mol. The summed E-state index contributed by atoms with van der Waals surface area (Å²) < 4.78 is 5.65. The smallest absolute Gasteiger partial charge is 0.212 e. The van der Waals surface area contributed by atoms with Gasteiger partial charge in [0.2, 0.25) is 5.82 Å². The fourth-order valence-corrected chi connectivity index (χ4v) is 1.63. The summed E-state index contributed by atoms with van der Waals surface area (Å²) in [5.74, 6) is 7.18. The second kappa shape index (κ2) is 6.68. The van der Waals surface area contributed by atoms with Crippen LogP contribution >= 0.6 is 0 Å². The van der Waals surface area contributed by atoms with Crippen LogP contribution in [-0.4, -0.2) is 31.9 Å². The Morgan fingerprint density at radius 2 is 2.25 bits per heavy atom. The van der Waals surface area contributed by atoms with E-state index < -0.39 is 0 Å². The average molecular weight is 272 g/mol. The van der Waals surface area contributed by atoms with Gasteiger partial charge in [-0.1, -0.05) is 11.8 Å². The van der Waals surface area contributed by atoms with E-state index in [1.807, 2.05) is 25.1 Å². The average Bonchev–Trinajstić information content (AvgIpc) is 2.84. The van der Waals surface area contributed by atoms with Crippen LogP contribution in [0.3, 0.4) is 0 Å². The zero-order chi connectivity index (χ0) is 14.4. The van der Waals surface area contributed by atoms with E-state index in [0.717, 1.165) is 16.9 Å². The molecule has 2 aromatic rings. The number of tetrazole rings is 1. The molecule has 0 aliphatic carbocycles. The van der Waals surface area contributed by atoms with Crippen LogP contribution in [0.2, 0.25) is 0 Å². The Hall–Kier alpha value is -2.39. The van der Waals surface area contributed by atoms with Gasteiger partial charge in [0.1, 0.15) is 5.75 Å². The number of hydrogen-bond acceptors (Lipinski definition) is 5. The molecule has 0 bridgehead atoms. The van der Waals surface area contributed by atoms with Crippen molar-refractivity contribution < 1.29 is 9.84 Å². The first kappa shape index (κ1) is 14.0. The minimum Gasteiger partial charge on any atom is -0.485 e. The highest BCUT2D eigenvalue weighted by molar-refractivity contribution is 5.43. The van der Waals surface area contributed by atoms with Crippen molar-refractivity contribution in [1.82, 2.24) is 20.2 Å². The normalized spacial score (nSPS) is 9.95. The van der Waals surface area contributed by atoms with E-state index in [4.69, 9.17) is 9.84 Å². The number of nitrogens with zero attached hydrogens (tertiary/aromatic N) is 4. The molecule has 6 nitrogen and oxygen atoms in total. The van der Waals surface area contributed by atoms with Crippen molar-refractivity contribution in [2.45, 2.75) is 20.0 Å². The molecule has 1 aromatic heterocycles. The molecule has 1 aromatic carbocycles. The molecular formula is C14H16N4O2. The molecule has 0 atom stereocenters. The molecule has 0 amide bonds. The molecule has 2 rings (SSSR count). The van der Waals surface area contributed by atoms with Gasteiger partial charge in [-0.15, -0.1) is 10.2 Å². The SMILES string of the molecule is Cc1cc(C#CCCO)ccc1OCc1nnn(C)n1. The van der Waals surface area contributed by atoms with Crippen molar-refractivity contribution in [3.05, 3.63) is 35.2 Å². The summed E-state index contributed by atoms with van der Waals surface area (Å²) in [7, 11) is 1.71.